The first kappa shape index (κ1) is 7.97. The number of hydrogen-bond acceptors (Lipinski definition) is 4. The lowest BCUT2D eigenvalue weighted by Gasteiger charge is -2.12. The second kappa shape index (κ2) is 2.69. The molecule has 0 radical (unpaired) electrons. The van der Waals surface area contributed by atoms with Crippen LogP contribution in [0.15, 0.2) is 11.8 Å². The highest BCUT2D eigenvalue weighted by Gasteiger charge is 2.34. The molecular weight excluding hydrogens is 174 g/mol. The summed E-state index contributed by atoms with van der Waals surface area (Å²) in [5, 5.41) is 0. The quantitative estimate of drug-likeness (QED) is 0.407. The van der Waals surface area contributed by atoms with E-state index in [4.69, 9.17) is 0 Å². The van der Waals surface area contributed by atoms with E-state index >= 15 is 0 Å². The molecule has 0 bridgehead atoms. The van der Waals surface area contributed by atoms with Gasteiger partial charge in [-0.1, -0.05) is 0 Å². The van der Waals surface area contributed by atoms with Crippen LogP contribution in [0.4, 0.5) is 0 Å². The highest BCUT2D eigenvalue weighted by Crippen LogP contribution is 2.20. The van der Waals surface area contributed by atoms with E-state index < -0.39 is 11.9 Å². The molecule has 1 fully saturated rings. The monoisotopic (exact) mass is 181 g/mol. The molecule has 2 aliphatic rings. The second-order valence-corrected chi connectivity index (χ2v) is 2.89. The van der Waals surface area contributed by atoms with E-state index in [1.807, 2.05) is 0 Å². The molecule has 1 saturated heterocycles. The van der Waals surface area contributed by atoms with Crippen molar-refractivity contribution >= 4 is 17.8 Å². The lowest BCUT2D eigenvalue weighted by atomic mass is 10.4. The molecule has 0 N–H and O–H groups in total. The first-order valence-electron chi connectivity index (χ1n) is 3.96. The van der Waals surface area contributed by atoms with E-state index in [9.17, 15) is 14.4 Å². The van der Waals surface area contributed by atoms with Crippen LogP contribution in [-0.4, -0.2) is 29.3 Å². The highest BCUT2D eigenvalue weighted by molar-refractivity contribution is 6.10. The van der Waals surface area contributed by atoms with E-state index in [1.165, 1.54) is 4.90 Å². The Hall–Kier alpha value is -1.65. The average Bonchev–Trinajstić information content (AvgIpc) is 2.58. The minimum atomic E-state index is -0.722. The second-order valence-electron chi connectivity index (χ2n) is 2.89. The number of carbonyl (C=O) groups is 3. The topological polar surface area (TPSA) is 63.7 Å². The summed E-state index contributed by atoms with van der Waals surface area (Å²) < 4.78 is 4.27. The van der Waals surface area contributed by atoms with Crippen molar-refractivity contribution in [2.45, 2.75) is 12.8 Å². The first-order chi connectivity index (χ1) is 6.18. The van der Waals surface area contributed by atoms with E-state index in [1.54, 1.807) is 0 Å². The Morgan fingerprint density at radius 2 is 2.08 bits per heavy atom. The van der Waals surface area contributed by atoms with Gasteiger partial charge in [0, 0.05) is 13.0 Å². The largest absolute Gasteiger partial charge is 0.385 e. The maximum absolute atomic E-state index is 11.2. The summed E-state index contributed by atoms with van der Waals surface area (Å²) in [5.74, 6) is -1.54. The Kier molecular flexibility index (Phi) is 1.65. The number of esters is 2. The van der Waals surface area contributed by atoms with Gasteiger partial charge in [-0.25, -0.2) is 9.59 Å². The molecule has 2 aliphatic heterocycles. The van der Waals surface area contributed by atoms with Gasteiger partial charge in [-0.15, -0.1) is 0 Å². The van der Waals surface area contributed by atoms with Gasteiger partial charge in [0.2, 0.25) is 5.91 Å². The van der Waals surface area contributed by atoms with Gasteiger partial charge in [0.15, 0.2) is 0 Å². The number of nitrogens with zero attached hydrogens (tertiary/aromatic N) is 1. The Labute approximate surface area is 74.0 Å². The van der Waals surface area contributed by atoms with Gasteiger partial charge in [0.05, 0.1) is 6.08 Å². The fourth-order valence-corrected chi connectivity index (χ4v) is 1.43. The minimum absolute atomic E-state index is 0.0764. The van der Waals surface area contributed by atoms with Crippen molar-refractivity contribution < 1.29 is 19.1 Å². The number of amides is 1. The van der Waals surface area contributed by atoms with Crippen LogP contribution in [0.5, 0.6) is 0 Å². The van der Waals surface area contributed by atoms with Crippen LogP contribution >= 0.6 is 0 Å². The Bertz CT molecular complexity index is 331. The van der Waals surface area contributed by atoms with Gasteiger partial charge >= 0.3 is 11.9 Å². The predicted molar refractivity (Wildman–Crippen MR) is 40.1 cm³/mol. The Morgan fingerprint density at radius 1 is 1.31 bits per heavy atom. The maximum Gasteiger partial charge on any atom is 0.363 e. The SMILES string of the molecule is O=C1C=C(N2CCCC2=O)C(=O)O1. The molecule has 0 aromatic heterocycles. The van der Waals surface area contributed by atoms with Gasteiger partial charge in [0.1, 0.15) is 5.70 Å². The molecule has 68 valence electrons. The molecule has 0 saturated carbocycles. The molecule has 0 unspecified atom stereocenters. The molecule has 2 rings (SSSR count). The summed E-state index contributed by atoms with van der Waals surface area (Å²) in [6.45, 7) is 0.493. The smallest absolute Gasteiger partial charge is 0.363 e. The van der Waals surface area contributed by atoms with Crippen molar-refractivity contribution in [3.05, 3.63) is 11.8 Å². The molecule has 0 atom stereocenters. The van der Waals surface area contributed by atoms with Crippen LogP contribution in [0.1, 0.15) is 12.8 Å². The van der Waals surface area contributed by atoms with Crippen LogP contribution in [0.2, 0.25) is 0 Å². The number of hydrogen-bond donors (Lipinski definition) is 0. The third-order valence-corrected chi connectivity index (χ3v) is 2.02. The molecule has 1 amide bonds. The summed E-state index contributed by atoms with van der Waals surface area (Å²) in [6, 6.07) is 0. The van der Waals surface area contributed by atoms with Gasteiger partial charge in [0.25, 0.3) is 0 Å². The average molecular weight is 181 g/mol. The van der Waals surface area contributed by atoms with E-state index in [2.05, 4.69) is 4.74 Å². The molecule has 5 heteroatoms. The number of ether oxygens (including phenoxy) is 1. The predicted octanol–water partition coefficient (Wildman–Crippen LogP) is -0.424. The maximum atomic E-state index is 11.2. The fraction of sp³-hybridized carbons (Fsp3) is 0.375. The molecule has 0 aromatic rings. The van der Waals surface area contributed by atoms with Gasteiger partial charge < -0.3 is 9.64 Å². The molecule has 2 heterocycles. The molecule has 5 nitrogen and oxygen atoms in total. The third kappa shape index (κ3) is 1.22. The summed E-state index contributed by atoms with van der Waals surface area (Å²) >= 11 is 0. The summed E-state index contributed by atoms with van der Waals surface area (Å²) in [4.78, 5) is 34.2. The van der Waals surface area contributed by atoms with Crippen molar-refractivity contribution in [2.75, 3.05) is 6.54 Å². The van der Waals surface area contributed by atoms with Crippen LogP contribution in [0.3, 0.4) is 0 Å². The van der Waals surface area contributed by atoms with Gasteiger partial charge in [-0.2, -0.15) is 0 Å². The normalized spacial score (nSPS) is 22.3. The van der Waals surface area contributed by atoms with Crippen LogP contribution < -0.4 is 0 Å². The van der Waals surface area contributed by atoms with Crippen molar-refractivity contribution in [2.24, 2.45) is 0 Å². The molecule has 13 heavy (non-hydrogen) atoms. The lowest BCUT2D eigenvalue weighted by Crippen LogP contribution is -2.27. The Balaban J connectivity index is 2.25. The summed E-state index contributed by atoms with van der Waals surface area (Å²) in [5.41, 5.74) is 0.0764. The van der Waals surface area contributed by atoms with Crippen molar-refractivity contribution in [1.82, 2.24) is 4.90 Å². The number of carbonyl (C=O) groups excluding carboxylic acids is 3. The number of cyclic esters (lactones) is 2. The minimum Gasteiger partial charge on any atom is -0.385 e. The molecular formula is C8H7NO4. The summed E-state index contributed by atoms with van der Waals surface area (Å²) in [6.07, 6.45) is 2.21. The molecule has 0 aromatic carbocycles. The van der Waals surface area contributed by atoms with E-state index in [0.717, 1.165) is 12.5 Å². The standard InChI is InChI=1S/C8H7NO4/c10-6-2-1-3-9(6)5-4-7(11)13-8(5)12/h4H,1-3H2. The first-order valence-corrected chi connectivity index (χ1v) is 3.96. The van der Waals surface area contributed by atoms with Crippen LogP contribution in [0, 0.1) is 0 Å². The van der Waals surface area contributed by atoms with Crippen LogP contribution in [0.25, 0.3) is 0 Å². The molecule has 0 aliphatic carbocycles. The van der Waals surface area contributed by atoms with Gasteiger partial charge in [-0.3, -0.25) is 4.79 Å². The van der Waals surface area contributed by atoms with Gasteiger partial charge in [-0.05, 0) is 6.42 Å². The fourth-order valence-electron chi connectivity index (χ4n) is 1.43. The van der Waals surface area contributed by atoms with Crippen molar-refractivity contribution in [3.63, 3.8) is 0 Å². The van der Waals surface area contributed by atoms with Crippen molar-refractivity contribution in [1.29, 1.82) is 0 Å². The van der Waals surface area contributed by atoms with E-state index in [-0.39, 0.29) is 11.6 Å². The highest BCUT2D eigenvalue weighted by atomic mass is 16.6. The number of rotatable bonds is 1. The zero-order chi connectivity index (χ0) is 9.42. The zero-order valence-corrected chi connectivity index (χ0v) is 6.78. The molecule has 0 spiro atoms. The Morgan fingerprint density at radius 3 is 2.54 bits per heavy atom. The zero-order valence-electron chi connectivity index (χ0n) is 6.78. The number of likely N-dealkylation sites (tertiary alicyclic amines) is 1. The van der Waals surface area contributed by atoms with E-state index in [0.29, 0.717) is 13.0 Å². The third-order valence-electron chi connectivity index (χ3n) is 2.02. The summed E-state index contributed by atoms with van der Waals surface area (Å²) in [7, 11) is 0. The lowest BCUT2D eigenvalue weighted by molar-refractivity contribution is -0.152. The van der Waals surface area contributed by atoms with Crippen molar-refractivity contribution in [3.8, 4) is 0 Å². The van der Waals surface area contributed by atoms with Crippen LogP contribution in [-0.2, 0) is 19.1 Å².